The highest BCUT2D eigenvalue weighted by Crippen LogP contribution is 2.18. The molecule has 3 rings (SSSR count). The molecule has 116 valence electrons. The molecule has 0 bridgehead atoms. The largest absolute Gasteiger partial charge is 0.497 e. The zero-order chi connectivity index (χ0) is 15.4. The van der Waals surface area contributed by atoms with Crippen molar-refractivity contribution in [3.8, 4) is 5.75 Å². The second kappa shape index (κ2) is 6.60. The average molecular weight is 300 g/mol. The summed E-state index contributed by atoms with van der Waals surface area (Å²) in [5.74, 6) is 0.687. The van der Waals surface area contributed by atoms with Crippen LogP contribution in [0.4, 0.5) is 0 Å². The first kappa shape index (κ1) is 14.6. The fourth-order valence-corrected chi connectivity index (χ4v) is 2.73. The van der Waals surface area contributed by atoms with Crippen molar-refractivity contribution in [2.45, 2.75) is 38.3 Å². The molecule has 1 N–H and O–H groups in total. The van der Waals surface area contributed by atoms with Crippen LogP contribution >= 0.6 is 0 Å². The van der Waals surface area contributed by atoms with Crippen LogP contribution in [0.2, 0.25) is 0 Å². The molecule has 0 saturated heterocycles. The summed E-state index contributed by atoms with van der Waals surface area (Å²) in [6.45, 7) is 0.577. The molecule has 2 aromatic rings. The van der Waals surface area contributed by atoms with Crippen LogP contribution in [0.25, 0.3) is 0 Å². The van der Waals surface area contributed by atoms with Gasteiger partial charge in [-0.15, -0.1) is 5.10 Å². The molecule has 0 radical (unpaired) electrons. The standard InChI is InChI=1S/C16H20N4O2/c1-22-14-8-6-12(7-9-14)10-20-11-15(18-19-20)16(21)17-13-4-2-3-5-13/h6-9,11,13H,2-5,10H2,1H3,(H,17,21). The normalized spacial score (nSPS) is 15.0. The van der Waals surface area contributed by atoms with Gasteiger partial charge in [-0.05, 0) is 30.5 Å². The average Bonchev–Trinajstić information content (AvgIpc) is 3.20. The lowest BCUT2D eigenvalue weighted by Crippen LogP contribution is -2.32. The molecule has 0 atom stereocenters. The molecule has 1 fully saturated rings. The van der Waals surface area contributed by atoms with Crippen molar-refractivity contribution in [1.29, 1.82) is 0 Å². The van der Waals surface area contributed by atoms with Gasteiger partial charge in [0.25, 0.3) is 5.91 Å². The number of methoxy groups -OCH3 is 1. The quantitative estimate of drug-likeness (QED) is 0.917. The number of benzene rings is 1. The minimum atomic E-state index is -0.132. The molecule has 0 aliphatic heterocycles. The zero-order valence-corrected chi connectivity index (χ0v) is 12.7. The Morgan fingerprint density at radius 1 is 1.32 bits per heavy atom. The van der Waals surface area contributed by atoms with Crippen LogP contribution < -0.4 is 10.1 Å². The van der Waals surface area contributed by atoms with Crippen LogP contribution in [0.15, 0.2) is 30.5 Å². The first-order chi connectivity index (χ1) is 10.7. The van der Waals surface area contributed by atoms with Crippen LogP contribution in [0.1, 0.15) is 41.7 Å². The van der Waals surface area contributed by atoms with E-state index >= 15 is 0 Å². The van der Waals surface area contributed by atoms with Gasteiger partial charge in [-0.1, -0.05) is 30.2 Å². The maximum atomic E-state index is 12.1. The van der Waals surface area contributed by atoms with Crippen molar-refractivity contribution in [3.05, 3.63) is 41.7 Å². The first-order valence-corrected chi connectivity index (χ1v) is 7.58. The summed E-state index contributed by atoms with van der Waals surface area (Å²) in [6.07, 6.45) is 6.19. The van der Waals surface area contributed by atoms with Gasteiger partial charge in [0.05, 0.1) is 19.9 Å². The van der Waals surface area contributed by atoms with E-state index in [1.807, 2.05) is 24.3 Å². The molecule has 6 heteroatoms. The molecular weight excluding hydrogens is 280 g/mol. The molecule has 1 aromatic heterocycles. The Hall–Kier alpha value is -2.37. The minimum Gasteiger partial charge on any atom is -0.497 e. The SMILES string of the molecule is COc1ccc(Cn2cc(C(=O)NC3CCCC3)nn2)cc1. The fraction of sp³-hybridized carbons (Fsp3) is 0.438. The molecule has 1 saturated carbocycles. The molecular formula is C16H20N4O2. The predicted octanol–water partition coefficient (Wildman–Crippen LogP) is 2.01. The molecule has 0 unspecified atom stereocenters. The van der Waals surface area contributed by atoms with Crippen molar-refractivity contribution < 1.29 is 9.53 Å². The number of carbonyl (C=O) groups is 1. The van der Waals surface area contributed by atoms with E-state index in [0.29, 0.717) is 18.3 Å². The lowest BCUT2D eigenvalue weighted by atomic mass is 10.2. The Balaban J connectivity index is 1.61. The van der Waals surface area contributed by atoms with Gasteiger partial charge in [-0.2, -0.15) is 0 Å². The summed E-state index contributed by atoms with van der Waals surface area (Å²) in [6, 6.07) is 8.04. The summed E-state index contributed by atoms with van der Waals surface area (Å²) >= 11 is 0. The molecule has 1 heterocycles. The third-order valence-electron chi connectivity index (χ3n) is 3.97. The van der Waals surface area contributed by atoms with Crippen LogP contribution in [0.5, 0.6) is 5.75 Å². The molecule has 6 nitrogen and oxygen atoms in total. The number of rotatable bonds is 5. The van der Waals surface area contributed by atoms with Gasteiger partial charge < -0.3 is 10.1 Å². The Labute approximate surface area is 129 Å². The number of aromatic nitrogens is 3. The number of carbonyl (C=O) groups excluding carboxylic acids is 1. The van der Waals surface area contributed by atoms with E-state index in [1.54, 1.807) is 18.0 Å². The highest BCUT2D eigenvalue weighted by Gasteiger charge is 2.19. The van der Waals surface area contributed by atoms with Crippen molar-refractivity contribution in [2.75, 3.05) is 7.11 Å². The highest BCUT2D eigenvalue weighted by atomic mass is 16.5. The minimum absolute atomic E-state index is 0.132. The van der Waals surface area contributed by atoms with Crippen molar-refractivity contribution >= 4 is 5.91 Å². The molecule has 1 aliphatic carbocycles. The Morgan fingerprint density at radius 3 is 2.73 bits per heavy atom. The fourth-order valence-electron chi connectivity index (χ4n) is 2.73. The van der Waals surface area contributed by atoms with Gasteiger partial charge in [0.15, 0.2) is 5.69 Å². The number of nitrogens with one attached hydrogen (secondary N) is 1. The van der Waals surface area contributed by atoms with Gasteiger partial charge in [0, 0.05) is 6.04 Å². The zero-order valence-electron chi connectivity index (χ0n) is 12.7. The maximum absolute atomic E-state index is 12.1. The summed E-state index contributed by atoms with van der Waals surface area (Å²) in [5.41, 5.74) is 1.45. The van der Waals surface area contributed by atoms with E-state index in [4.69, 9.17) is 4.74 Å². The number of amides is 1. The number of nitrogens with zero attached hydrogens (tertiary/aromatic N) is 3. The summed E-state index contributed by atoms with van der Waals surface area (Å²) in [4.78, 5) is 12.1. The van der Waals surface area contributed by atoms with Crippen LogP contribution in [-0.4, -0.2) is 34.1 Å². The van der Waals surface area contributed by atoms with E-state index in [-0.39, 0.29) is 5.91 Å². The Bertz CT molecular complexity index is 630. The van der Waals surface area contributed by atoms with E-state index in [2.05, 4.69) is 15.6 Å². The monoisotopic (exact) mass is 300 g/mol. The molecule has 1 amide bonds. The molecule has 22 heavy (non-hydrogen) atoms. The lowest BCUT2D eigenvalue weighted by Gasteiger charge is -2.09. The van der Waals surface area contributed by atoms with Crippen molar-refractivity contribution in [2.24, 2.45) is 0 Å². The van der Waals surface area contributed by atoms with E-state index in [9.17, 15) is 4.79 Å². The second-order valence-corrected chi connectivity index (χ2v) is 5.60. The Morgan fingerprint density at radius 2 is 2.05 bits per heavy atom. The molecule has 1 aromatic carbocycles. The van der Waals surface area contributed by atoms with Crippen LogP contribution in [0.3, 0.4) is 0 Å². The van der Waals surface area contributed by atoms with Gasteiger partial charge in [-0.3, -0.25) is 4.79 Å². The van der Waals surface area contributed by atoms with E-state index in [1.165, 1.54) is 12.8 Å². The van der Waals surface area contributed by atoms with Crippen LogP contribution in [0, 0.1) is 0 Å². The van der Waals surface area contributed by atoms with Gasteiger partial charge in [0.2, 0.25) is 0 Å². The van der Waals surface area contributed by atoms with E-state index in [0.717, 1.165) is 24.2 Å². The van der Waals surface area contributed by atoms with E-state index < -0.39 is 0 Å². The first-order valence-electron chi connectivity index (χ1n) is 7.58. The molecule has 1 aliphatic rings. The smallest absolute Gasteiger partial charge is 0.273 e. The number of ether oxygens (including phenoxy) is 1. The maximum Gasteiger partial charge on any atom is 0.273 e. The van der Waals surface area contributed by atoms with Gasteiger partial charge in [0.1, 0.15) is 5.75 Å². The Kier molecular flexibility index (Phi) is 4.37. The second-order valence-electron chi connectivity index (χ2n) is 5.60. The molecule has 0 spiro atoms. The summed E-state index contributed by atoms with van der Waals surface area (Å²) in [7, 11) is 1.64. The summed E-state index contributed by atoms with van der Waals surface area (Å²) in [5, 5.41) is 11.0. The van der Waals surface area contributed by atoms with Crippen LogP contribution in [-0.2, 0) is 6.54 Å². The van der Waals surface area contributed by atoms with Crippen molar-refractivity contribution in [3.63, 3.8) is 0 Å². The topological polar surface area (TPSA) is 69.0 Å². The predicted molar refractivity (Wildman–Crippen MR) is 81.8 cm³/mol. The number of hydrogen-bond acceptors (Lipinski definition) is 4. The third kappa shape index (κ3) is 3.44. The lowest BCUT2D eigenvalue weighted by molar-refractivity contribution is 0.0932. The van der Waals surface area contributed by atoms with Crippen molar-refractivity contribution in [1.82, 2.24) is 20.3 Å². The third-order valence-corrected chi connectivity index (χ3v) is 3.97. The summed E-state index contributed by atoms with van der Waals surface area (Å²) < 4.78 is 6.80. The van der Waals surface area contributed by atoms with Gasteiger partial charge >= 0.3 is 0 Å². The highest BCUT2D eigenvalue weighted by molar-refractivity contribution is 5.92. The van der Waals surface area contributed by atoms with Gasteiger partial charge in [-0.25, -0.2) is 4.68 Å². The number of hydrogen-bond donors (Lipinski definition) is 1.